The number of benzene rings is 1. The molecular weight excluding hydrogens is 248 g/mol. The Morgan fingerprint density at radius 1 is 1.33 bits per heavy atom. The van der Waals surface area contributed by atoms with Crippen molar-refractivity contribution >= 4 is 11.3 Å². The summed E-state index contributed by atoms with van der Waals surface area (Å²) in [7, 11) is 0. The summed E-state index contributed by atoms with van der Waals surface area (Å²) in [5.74, 6) is -0.186. The molecule has 96 valence electrons. The van der Waals surface area contributed by atoms with Crippen LogP contribution >= 0.6 is 11.3 Å². The maximum Gasteiger partial charge on any atom is 0.157 e. The molecule has 1 aromatic heterocycles. The minimum Gasteiger partial charge on any atom is -0.504 e. The maximum absolute atomic E-state index is 9.40. The maximum atomic E-state index is 9.40. The van der Waals surface area contributed by atoms with Gasteiger partial charge in [-0.05, 0) is 31.5 Å². The number of hydrogen-bond acceptors (Lipinski definition) is 5. The van der Waals surface area contributed by atoms with Gasteiger partial charge in [-0.25, -0.2) is 4.98 Å². The van der Waals surface area contributed by atoms with Crippen LogP contribution in [0.15, 0.2) is 23.6 Å². The van der Waals surface area contributed by atoms with Gasteiger partial charge in [0.1, 0.15) is 5.01 Å². The zero-order chi connectivity index (χ0) is 13.1. The molecule has 0 bridgehead atoms. The van der Waals surface area contributed by atoms with Crippen molar-refractivity contribution in [3.8, 4) is 11.5 Å². The molecule has 2 rings (SSSR count). The van der Waals surface area contributed by atoms with E-state index in [1.807, 2.05) is 12.3 Å². The van der Waals surface area contributed by atoms with E-state index >= 15 is 0 Å². The van der Waals surface area contributed by atoms with E-state index in [0.717, 1.165) is 16.3 Å². The third kappa shape index (κ3) is 3.00. The predicted molar refractivity (Wildman–Crippen MR) is 71.9 cm³/mol. The molecule has 0 aliphatic carbocycles. The molecule has 0 fully saturated rings. The molecule has 1 unspecified atom stereocenters. The summed E-state index contributed by atoms with van der Waals surface area (Å²) in [6.45, 7) is 4.65. The molecule has 1 heterocycles. The van der Waals surface area contributed by atoms with E-state index in [2.05, 4.69) is 17.2 Å². The Morgan fingerprint density at radius 3 is 2.72 bits per heavy atom. The van der Waals surface area contributed by atoms with Crippen molar-refractivity contribution in [1.29, 1.82) is 0 Å². The molecule has 0 aliphatic heterocycles. The SMILES string of the molecule is Cc1csc(C(C)NCc2ccc(O)c(O)c2)n1. The lowest BCUT2D eigenvalue weighted by atomic mass is 10.2. The lowest BCUT2D eigenvalue weighted by molar-refractivity contribution is 0.402. The molecule has 0 saturated carbocycles. The van der Waals surface area contributed by atoms with Crippen molar-refractivity contribution in [2.75, 3.05) is 0 Å². The van der Waals surface area contributed by atoms with Gasteiger partial charge in [0.25, 0.3) is 0 Å². The average Bonchev–Trinajstić information content (AvgIpc) is 2.77. The first-order valence-corrected chi connectivity index (χ1v) is 6.60. The fraction of sp³-hybridized carbons (Fsp3) is 0.308. The molecule has 1 atom stereocenters. The normalized spacial score (nSPS) is 12.6. The number of rotatable bonds is 4. The lowest BCUT2D eigenvalue weighted by Crippen LogP contribution is -2.17. The van der Waals surface area contributed by atoms with Gasteiger partial charge >= 0.3 is 0 Å². The second kappa shape index (κ2) is 5.37. The van der Waals surface area contributed by atoms with Crippen molar-refractivity contribution in [2.24, 2.45) is 0 Å². The third-order valence-corrected chi connectivity index (χ3v) is 3.80. The average molecular weight is 264 g/mol. The Hall–Kier alpha value is -1.59. The van der Waals surface area contributed by atoms with Crippen LogP contribution in [0, 0.1) is 6.92 Å². The number of phenols is 2. The van der Waals surface area contributed by atoms with E-state index in [0.29, 0.717) is 6.54 Å². The fourth-order valence-corrected chi connectivity index (χ4v) is 2.44. The number of aryl methyl sites for hydroxylation is 1. The first-order chi connectivity index (χ1) is 8.56. The minimum atomic E-state index is -0.0950. The minimum absolute atomic E-state index is 0.0907. The van der Waals surface area contributed by atoms with E-state index in [1.54, 1.807) is 23.5 Å². The largest absolute Gasteiger partial charge is 0.504 e. The monoisotopic (exact) mass is 264 g/mol. The number of thiazole rings is 1. The summed E-state index contributed by atoms with van der Waals surface area (Å²) >= 11 is 1.64. The van der Waals surface area contributed by atoms with Crippen molar-refractivity contribution in [3.05, 3.63) is 39.8 Å². The van der Waals surface area contributed by atoms with Crippen LogP contribution in [0.5, 0.6) is 11.5 Å². The number of nitrogens with one attached hydrogen (secondary N) is 1. The Morgan fingerprint density at radius 2 is 2.11 bits per heavy atom. The molecule has 0 radical (unpaired) electrons. The zero-order valence-electron chi connectivity index (χ0n) is 10.3. The second-order valence-electron chi connectivity index (χ2n) is 4.25. The molecule has 4 nitrogen and oxygen atoms in total. The number of aromatic nitrogens is 1. The summed E-state index contributed by atoms with van der Waals surface area (Å²) in [4.78, 5) is 4.42. The summed E-state index contributed by atoms with van der Waals surface area (Å²) in [5.41, 5.74) is 1.95. The van der Waals surface area contributed by atoms with Crippen molar-refractivity contribution < 1.29 is 10.2 Å². The van der Waals surface area contributed by atoms with Crippen molar-refractivity contribution in [2.45, 2.75) is 26.4 Å². The topological polar surface area (TPSA) is 65.4 Å². The van der Waals surface area contributed by atoms with Gasteiger partial charge in [0.05, 0.1) is 6.04 Å². The summed E-state index contributed by atoms with van der Waals surface area (Å²) in [6, 6.07) is 4.99. The molecule has 0 spiro atoms. The Bertz CT molecular complexity index is 540. The summed E-state index contributed by atoms with van der Waals surface area (Å²) in [6.07, 6.45) is 0. The standard InChI is InChI=1S/C13H16N2O2S/c1-8-7-18-13(15-8)9(2)14-6-10-3-4-11(16)12(17)5-10/h3-5,7,9,14,16-17H,6H2,1-2H3. The molecule has 2 aromatic rings. The highest BCUT2D eigenvalue weighted by Crippen LogP contribution is 2.25. The predicted octanol–water partition coefficient (Wildman–Crippen LogP) is 2.71. The van der Waals surface area contributed by atoms with E-state index in [-0.39, 0.29) is 17.5 Å². The smallest absolute Gasteiger partial charge is 0.157 e. The Balaban J connectivity index is 1.97. The number of nitrogens with zero attached hydrogens (tertiary/aromatic N) is 1. The van der Waals surface area contributed by atoms with Gasteiger partial charge < -0.3 is 15.5 Å². The Kier molecular flexibility index (Phi) is 3.84. The van der Waals surface area contributed by atoms with Gasteiger partial charge in [-0.2, -0.15) is 0 Å². The molecular formula is C13H16N2O2S. The van der Waals surface area contributed by atoms with Crippen molar-refractivity contribution in [1.82, 2.24) is 10.3 Å². The highest BCUT2D eigenvalue weighted by Gasteiger charge is 2.09. The van der Waals surface area contributed by atoms with Crippen LogP contribution in [0.4, 0.5) is 0 Å². The molecule has 0 amide bonds. The van der Waals surface area contributed by atoms with Gasteiger partial charge in [0.15, 0.2) is 11.5 Å². The van der Waals surface area contributed by atoms with Crippen molar-refractivity contribution in [3.63, 3.8) is 0 Å². The number of hydrogen-bond donors (Lipinski definition) is 3. The lowest BCUT2D eigenvalue weighted by Gasteiger charge is -2.11. The third-order valence-electron chi connectivity index (χ3n) is 2.66. The first kappa shape index (κ1) is 12.9. The highest BCUT2D eigenvalue weighted by atomic mass is 32.1. The summed E-state index contributed by atoms with van der Waals surface area (Å²) < 4.78 is 0. The molecule has 1 aromatic carbocycles. The van der Waals surface area contributed by atoms with Crippen LogP contribution in [0.25, 0.3) is 0 Å². The highest BCUT2D eigenvalue weighted by molar-refractivity contribution is 7.09. The van der Waals surface area contributed by atoms with Crippen LogP contribution in [0.1, 0.15) is 29.2 Å². The van der Waals surface area contributed by atoms with Gasteiger partial charge in [0.2, 0.25) is 0 Å². The van der Waals surface area contributed by atoms with Gasteiger partial charge in [-0.1, -0.05) is 6.07 Å². The van der Waals surface area contributed by atoms with Crippen LogP contribution in [0.3, 0.4) is 0 Å². The molecule has 5 heteroatoms. The van der Waals surface area contributed by atoms with E-state index < -0.39 is 0 Å². The fourth-order valence-electron chi connectivity index (χ4n) is 1.61. The number of phenolic OH excluding ortho intramolecular Hbond substituents is 2. The molecule has 0 saturated heterocycles. The van der Waals surface area contributed by atoms with Gasteiger partial charge in [-0.3, -0.25) is 0 Å². The second-order valence-corrected chi connectivity index (χ2v) is 5.14. The van der Waals surface area contributed by atoms with Crippen LogP contribution in [-0.4, -0.2) is 15.2 Å². The van der Waals surface area contributed by atoms with E-state index in [1.165, 1.54) is 6.07 Å². The number of aromatic hydroxyl groups is 2. The van der Waals surface area contributed by atoms with Crippen LogP contribution in [-0.2, 0) is 6.54 Å². The zero-order valence-corrected chi connectivity index (χ0v) is 11.2. The summed E-state index contributed by atoms with van der Waals surface area (Å²) in [5, 5.41) is 25.0. The van der Waals surface area contributed by atoms with Crippen LogP contribution < -0.4 is 5.32 Å². The van der Waals surface area contributed by atoms with E-state index in [4.69, 9.17) is 0 Å². The quantitative estimate of drug-likeness (QED) is 0.743. The van der Waals surface area contributed by atoms with E-state index in [9.17, 15) is 10.2 Å². The Labute approximate surface area is 110 Å². The molecule has 0 aliphatic rings. The molecule has 18 heavy (non-hydrogen) atoms. The molecule has 3 N–H and O–H groups in total. The van der Waals surface area contributed by atoms with Crippen LogP contribution in [0.2, 0.25) is 0 Å². The first-order valence-electron chi connectivity index (χ1n) is 5.72. The van der Waals surface area contributed by atoms with Gasteiger partial charge in [-0.15, -0.1) is 11.3 Å². The van der Waals surface area contributed by atoms with Gasteiger partial charge in [0, 0.05) is 17.6 Å².